The molecule has 1 aliphatic rings. The second kappa shape index (κ2) is 6.25. The normalized spacial score (nSPS) is 17.1. The first-order valence-electron chi connectivity index (χ1n) is 6.78. The van der Waals surface area contributed by atoms with Gasteiger partial charge < -0.3 is 10.6 Å². The van der Waals surface area contributed by atoms with Gasteiger partial charge in [0, 0.05) is 12.6 Å². The molecule has 1 fully saturated rings. The lowest BCUT2D eigenvalue weighted by Gasteiger charge is -2.22. The Morgan fingerprint density at radius 3 is 2.83 bits per heavy atom. The van der Waals surface area contributed by atoms with Crippen molar-refractivity contribution in [3.8, 4) is 0 Å². The van der Waals surface area contributed by atoms with E-state index in [4.69, 9.17) is 5.73 Å². The largest absolute Gasteiger partial charge is 0.323 e. The molecule has 1 heterocycles. The summed E-state index contributed by atoms with van der Waals surface area (Å²) in [5, 5.41) is 0. The van der Waals surface area contributed by atoms with E-state index >= 15 is 0 Å². The molecule has 3 nitrogen and oxygen atoms in total. The van der Waals surface area contributed by atoms with Crippen LogP contribution >= 0.6 is 0 Å². The first-order chi connectivity index (χ1) is 8.69. The number of nitrogens with two attached hydrogens (primary N) is 1. The molecule has 1 saturated carbocycles. The van der Waals surface area contributed by atoms with Crippen LogP contribution < -0.4 is 5.73 Å². The predicted octanol–water partition coefficient (Wildman–Crippen LogP) is 2.34. The molecule has 1 unspecified atom stereocenters. The highest BCUT2D eigenvalue weighted by atomic mass is 19.1. The molecule has 0 amide bonds. The van der Waals surface area contributed by atoms with Crippen molar-refractivity contribution in [2.75, 3.05) is 19.6 Å². The summed E-state index contributed by atoms with van der Waals surface area (Å²) in [5.74, 6) is 0.597. The maximum Gasteiger partial charge on any atom is 0.141 e. The summed E-state index contributed by atoms with van der Waals surface area (Å²) in [6.07, 6.45) is 4.86. The minimum atomic E-state index is -0.310. The van der Waals surface area contributed by atoms with Gasteiger partial charge in [-0.1, -0.05) is 6.92 Å². The molecule has 2 rings (SSSR count). The molecule has 4 heteroatoms. The summed E-state index contributed by atoms with van der Waals surface area (Å²) in [6.45, 7) is 5.44. The van der Waals surface area contributed by atoms with Crippen molar-refractivity contribution >= 4 is 0 Å². The summed E-state index contributed by atoms with van der Waals surface area (Å²) < 4.78 is 12.8. The van der Waals surface area contributed by atoms with Crippen LogP contribution in [0.25, 0.3) is 0 Å². The average molecular weight is 251 g/mol. The minimum absolute atomic E-state index is 0.0983. The van der Waals surface area contributed by atoms with E-state index < -0.39 is 0 Å². The number of hydrogen-bond donors (Lipinski definition) is 1. The Bertz CT molecular complexity index is 362. The number of aromatic nitrogens is 1. The fourth-order valence-electron chi connectivity index (χ4n) is 2.12. The highest BCUT2D eigenvalue weighted by Gasteiger charge is 2.23. The smallest absolute Gasteiger partial charge is 0.141 e. The van der Waals surface area contributed by atoms with Crippen LogP contribution in [0.1, 0.15) is 37.9 Å². The monoisotopic (exact) mass is 251 g/mol. The lowest BCUT2D eigenvalue weighted by Crippen LogP contribution is -2.29. The Morgan fingerprint density at radius 1 is 1.50 bits per heavy atom. The zero-order valence-corrected chi connectivity index (χ0v) is 11.0. The minimum Gasteiger partial charge on any atom is -0.323 e. The Balaban J connectivity index is 1.78. The van der Waals surface area contributed by atoms with E-state index in [2.05, 4.69) is 16.8 Å². The lowest BCUT2D eigenvalue weighted by molar-refractivity contribution is 0.265. The quantitative estimate of drug-likeness (QED) is 0.809. The van der Waals surface area contributed by atoms with E-state index in [0.29, 0.717) is 0 Å². The summed E-state index contributed by atoms with van der Waals surface area (Å²) in [5.41, 5.74) is 6.86. The van der Waals surface area contributed by atoms with E-state index in [-0.39, 0.29) is 11.9 Å². The summed E-state index contributed by atoms with van der Waals surface area (Å²) in [6, 6.07) is 3.00. The molecule has 2 N–H and O–H groups in total. The molecule has 18 heavy (non-hydrogen) atoms. The van der Waals surface area contributed by atoms with Crippen LogP contribution in [0.5, 0.6) is 0 Å². The van der Waals surface area contributed by atoms with Crippen molar-refractivity contribution in [3.63, 3.8) is 0 Å². The third kappa shape index (κ3) is 4.03. The van der Waals surface area contributed by atoms with Crippen molar-refractivity contribution in [1.82, 2.24) is 9.88 Å². The second-order valence-electron chi connectivity index (χ2n) is 5.13. The van der Waals surface area contributed by atoms with Gasteiger partial charge in [0.1, 0.15) is 5.82 Å². The molecular weight excluding hydrogens is 229 g/mol. The molecular formula is C14H22FN3. The highest BCUT2D eigenvalue weighted by Crippen LogP contribution is 2.29. The fourth-order valence-corrected chi connectivity index (χ4v) is 2.12. The molecule has 0 bridgehead atoms. The van der Waals surface area contributed by atoms with Crippen molar-refractivity contribution < 1.29 is 4.39 Å². The molecule has 1 aromatic rings. The van der Waals surface area contributed by atoms with E-state index in [0.717, 1.165) is 31.1 Å². The molecule has 0 aromatic carbocycles. The summed E-state index contributed by atoms with van der Waals surface area (Å²) in [4.78, 5) is 6.48. The zero-order valence-electron chi connectivity index (χ0n) is 11.0. The molecule has 0 spiro atoms. The van der Waals surface area contributed by atoms with Crippen LogP contribution in [0.3, 0.4) is 0 Å². The van der Waals surface area contributed by atoms with Crippen LogP contribution in [-0.2, 0) is 0 Å². The zero-order chi connectivity index (χ0) is 13.0. The van der Waals surface area contributed by atoms with Gasteiger partial charge in [-0.05, 0) is 50.4 Å². The molecule has 0 saturated heterocycles. The predicted molar refractivity (Wildman–Crippen MR) is 70.6 cm³/mol. The van der Waals surface area contributed by atoms with Crippen molar-refractivity contribution in [1.29, 1.82) is 0 Å². The molecule has 1 aliphatic carbocycles. The topological polar surface area (TPSA) is 42.1 Å². The van der Waals surface area contributed by atoms with Gasteiger partial charge in [-0.3, -0.25) is 4.98 Å². The van der Waals surface area contributed by atoms with Gasteiger partial charge in [0.25, 0.3) is 0 Å². The number of halogens is 1. The second-order valence-corrected chi connectivity index (χ2v) is 5.13. The van der Waals surface area contributed by atoms with Gasteiger partial charge in [0.2, 0.25) is 0 Å². The van der Waals surface area contributed by atoms with E-state index in [1.807, 2.05) is 0 Å². The fraction of sp³-hybridized carbons (Fsp3) is 0.643. The number of nitrogens with zero attached hydrogens (tertiary/aromatic N) is 2. The van der Waals surface area contributed by atoms with Gasteiger partial charge in [0.05, 0.1) is 11.9 Å². The van der Waals surface area contributed by atoms with Crippen LogP contribution in [0.4, 0.5) is 4.39 Å². The van der Waals surface area contributed by atoms with Gasteiger partial charge in [0.15, 0.2) is 0 Å². The van der Waals surface area contributed by atoms with Crippen LogP contribution in [-0.4, -0.2) is 29.5 Å². The SMILES string of the molecule is CCN(CCC(N)c1ccc(F)cn1)CC1CC1. The first-order valence-corrected chi connectivity index (χ1v) is 6.78. The number of hydrogen-bond acceptors (Lipinski definition) is 3. The summed E-state index contributed by atoms with van der Waals surface area (Å²) >= 11 is 0. The first kappa shape index (κ1) is 13.4. The average Bonchev–Trinajstić information content (AvgIpc) is 3.18. The molecule has 1 atom stereocenters. The maximum absolute atomic E-state index is 12.8. The van der Waals surface area contributed by atoms with Crippen LogP contribution in [0.15, 0.2) is 18.3 Å². The van der Waals surface area contributed by atoms with E-state index in [1.54, 1.807) is 6.07 Å². The molecule has 0 aliphatic heterocycles. The Morgan fingerprint density at radius 2 is 2.28 bits per heavy atom. The van der Waals surface area contributed by atoms with Gasteiger partial charge in [-0.2, -0.15) is 0 Å². The highest BCUT2D eigenvalue weighted by molar-refractivity contribution is 5.09. The van der Waals surface area contributed by atoms with Crippen LogP contribution in [0, 0.1) is 11.7 Å². The van der Waals surface area contributed by atoms with Crippen molar-refractivity contribution in [2.45, 2.75) is 32.2 Å². The molecule has 1 aromatic heterocycles. The van der Waals surface area contributed by atoms with Crippen molar-refractivity contribution in [2.24, 2.45) is 11.7 Å². The van der Waals surface area contributed by atoms with Gasteiger partial charge in [-0.25, -0.2) is 4.39 Å². The van der Waals surface area contributed by atoms with Crippen molar-refractivity contribution in [3.05, 3.63) is 29.8 Å². The third-order valence-corrected chi connectivity index (χ3v) is 3.55. The lowest BCUT2D eigenvalue weighted by atomic mass is 10.1. The molecule has 100 valence electrons. The standard InChI is InChI=1S/C14H22FN3/c1-2-18(10-11-3-4-11)8-7-13(16)14-6-5-12(15)9-17-14/h5-6,9,11,13H,2-4,7-8,10,16H2,1H3. The molecule has 0 radical (unpaired) electrons. The number of pyridine rings is 1. The number of rotatable bonds is 7. The Hall–Kier alpha value is -1.00. The summed E-state index contributed by atoms with van der Waals surface area (Å²) in [7, 11) is 0. The maximum atomic E-state index is 12.8. The van der Waals surface area contributed by atoms with E-state index in [9.17, 15) is 4.39 Å². The van der Waals surface area contributed by atoms with Gasteiger partial charge in [-0.15, -0.1) is 0 Å². The Labute approximate surface area is 108 Å². The van der Waals surface area contributed by atoms with Gasteiger partial charge >= 0.3 is 0 Å². The van der Waals surface area contributed by atoms with Crippen LogP contribution in [0.2, 0.25) is 0 Å². The van der Waals surface area contributed by atoms with E-state index in [1.165, 1.54) is 31.6 Å². The Kier molecular flexibility index (Phi) is 4.66. The third-order valence-electron chi connectivity index (χ3n) is 3.55.